The summed E-state index contributed by atoms with van der Waals surface area (Å²) in [6.45, 7) is 3.83. The fourth-order valence-electron chi connectivity index (χ4n) is 2.14. The van der Waals surface area contributed by atoms with E-state index < -0.39 is 0 Å². The summed E-state index contributed by atoms with van der Waals surface area (Å²) in [6, 6.07) is 13.2. The van der Waals surface area contributed by atoms with Gasteiger partial charge < -0.3 is 5.32 Å². The molecule has 2 rings (SSSR count). The second-order valence-corrected chi connectivity index (χ2v) is 5.01. The number of hydrogen-bond donors (Lipinski definition) is 1. The molecule has 4 heteroatoms. The van der Waals surface area contributed by atoms with Crippen LogP contribution in [0.1, 0.15) is 30.5 Å². The maximum Gasteiger partial charge on any atom is 0.231 e. The van der Waals surface area contributed by atoms with E-state index in [0.29, 0.717) is 16.5 Å². The van der Waals surface area contributed by atoms with Gasteiger partial charge in [-0.25, -0.2) is 4.98 Å². The highest BCUT2D eigenvalue weighted by Gasteiger charge is 2.19. The first-order chi connectivity index (χ1) is 9.61. The number of hydrogen-bond acceptors (Lipinski definition) is 2. The Morgan fingerprint density at radius 3 is 2.55 bits per heavy atom. The number of carbonyl (C=O) groups excluding carboxylic acids is 1. The Kier molecular flexibility index (Phi) is 4.74. The molecular formula is C16H17ClN2O. The first-order valence-electron chi connectivity index (χ1n) is 6.60. The topological polar surface area (TPSA) is 42.0 Å². The molecule has 1 unspecified atom stereocenters. The first kappa shape index (κ1) is 14.5. The summed E-state index contributed by atoms with van der Waals surface area (Å²) in [4.78, 5) is 16.5. The lowest BCUT2D eigenvalue weighted by molar-refractivity contribution is -0.117. The molecule has 0 saturated heterocycles. The summed E-state index contributed by atoms with van der Waals surface area (Å²) in [5.41, 5.74) is 2.44. The number of rotatable bonds is 4. The number of nitrogens with zero attached hydrogens (tertiary/aromatic N) is 1. The van der Waals surface area contributed by atoms with Gasteiger partial charge in [-0.3, -0.25) is 4.79 Å². The van der Waals surface area contributed by atoms with E-state index in [4.69, 9.17) is 11.6 Å². The van der Waals surface area contributed by atoms with Gasteiger partial charge in [0.15, 0.2) is 0 Å². The van der Waals surface area contributed by atoms with Crippen LogP contribution in [0.4, 0.5) is 5.69 Å². The normalized spacial score (nSPS) is 11.9. The highest BCUT2D eigenvalue weighted by atomic mass is 35.5. The number of nitrogens with one attached hydrogen (secondary N) is 1. The van der Waals surface area contributed by atoms with Crippen molar-refractivity contribution in [3.8, 4) is 0 Å². The molecule has 104 valence electrons. The zero-order valence-corrected chi connectivity index (χ0v) is 12.3. The Labute approximate surface area is 124 Å². The lowest BCUT2D eigenvalue weighted by atomic mass is 9.95. The van der Waals surface area contributed by atoms with Crippen LogP contribution in [0.2, 0.25) is 5.15 Å². The van der Waals surface area contributed by atoms with E-state index in [-0.39, 0.29) is 11.8 Å². The van der Waals surface area contributed by atoms with Gasteiger partial charge in [0, 0.05) is 0 Å². The van der Waals surface area contributed by atoms with Crippen molar-refractivity contribution in [2.24, 2.45) is 0 Å². The molecule has 20 heavy (non-hydrogen) atoms. The Morgan fingerprint density at radius 1 is 1.25 bits per heavy atom. The fourth-order valence-corrected chi connectivity index (χ4v) is 2.33. The third-order valence-electron chi connectivity index (χ3n) is 3.24. The summed E-state index contributed by atoms with van der Waals surface area (Å²) >= 11 is 5.82. The number of benzene rings is 1. The highest BCUT2D eigenvalue weighted by Crippen LogP contribution is 2.23. The van der Waals surface area contributed by atoms with Gasteiger partial charge in [0.25, 0.3) is 0 Å². The molecule has 2 aromatic rings. The molecule has 0 spiro atoms. The molecule has 0 aliphatic heterocycles. The van der Waals surface area contributed by atoms with Gasteiger partial charge in [0.05, 0.1) is 17.3 Å². The van der Waals surface area contributed by atoms with Crippen molar-refractivity contribution in [1.29, 1.82) is 0 Å². The standard InChI is InChI=1S/C16H17ClN2O/c1-3-13(12-7-5-4-6-8-12)16(20)19-14-9-10-15(17)18-11(14)2/h4-10,13H,3H2,1-2H3,(H,19,20). The van der Waals surface area contributed by atoms with Crippen LogP contribution in [0, 0.1) is 6.92 Å². The van der Waals surface area contributed by atoms with Crippen molar-refractivity contribution in [2.75, 3.05) is 5.32 Å². The number of aryl methyl sites for hydroxylation is 1. The van der Waals surface area contributed by atoms with Gasteiger partial charge in [-0.1, -0.05) is 48.9 Å². The predicted octanol–water partition coefficient (Wildman–Crippen LogP) is 4.18. The lowest BCUT2D eigenvalue weighted by Crippen LogP contribution is -2.21. The third-order valence-corrected chi connectivity index (χ3v) is 3.45. The summed E-state index contributed by atoms with van der Waals surface area (Å²) in [5, 5.41) is 3.35. The number of halogens is 1. The molecular weight excluding hydrogens is 272 g/mol. The van der Waals surface area contributed by atoms with Gasteiger partial charge in [-0.2, -0.15) is 0 Å². The lowest BCUT2D eigenvalue weighted by Gasteiger charge is -2.16. The van der Waals surface area contributed by atoms with Crippen LogP contribution in [0.5, 0.6) is 0 Å². The van der Waals surface area contributed by atoms with Crippen LogP contribution in [0.15, 0.2) is 42.5 Å². The largest absolute Gasteiger partial charge is 0.324 e. The summed E-state index contributed by atoms with van der Waals surface area (Å²) in [5.74, 6) is -0.183. The van der Waals surface area contributed by atoms with Gasteiger partial charge in [-0.05, 0) is 31.0 Å². The first-order valence-corrected chi connectivity index (χ1v) is 6.98. The van der Waals surface area contributed by atoms with E-state index in [1.165, 1.54) is 0 Å². The minimum atomic E-state index is -0.161. The molecule has 3 nitrogen and oxygen atoms in total. The maximum atomic E-state index is 12.4. The van der Waals surface area contributed by atoms with Crippen molar-refractivity contribution in [3.05, 3.63) is 58.9 Å². The monoisotopic (exact) mass is 288 g/mol. The van der Waals surface area contributed by atoms with Crippen molar-refractivity contribution in [2.45, 2.75) is 26.2 Å². The van der Waals surface area contributed by atoms with E-state index >= 15 is 0 Å². The quantitative estimate of drug-likeness (QED) is 0.858. The van der Waals surface area contributed by atoms with E-state index in [1.807, 2.05) is 44.2 Å². The molecule has 0 bridgehead atoms. The highest BCUT2D eigenvalue weighted by molar-refractivity contribution is 6.29. The molecule has 1 aromatic carbocycles. The molecule has 0 fully saturated rings. The van der Waals surface area contributed by atoms with Crippen LogP contribution < -0.4 is 5.32 Å². The fraction of sp³-hybridized carbons (Fsp3) is 0.250. The molecule has 0 saturated carbocycles. The Balaban J connectivity index is 2.18. The molecule has 0 aliphatic carbocycles. The smallest absolute Gasteiger partial charge is 0.231 e. The molecule has 1 aromatic heterocycles. The SMILES string of the molecule is CCC(C(=O)Nc1ccc(Cl)nc1C)c1ccccc1. The number of aromatic nitrogens is 1. The van der Waals surface area contributed by atoms with Crippen molar-refractivity contribution >= 4 is 23.2 Å². The Morgan fingerprint density at radius 2 is 1.95 bits per heavy atom. The zero-order valence-electron chi connectivity index (χ0n) is 11.6. The second kappa shape index (κ2) is 6.53. The van der Waals surface area contributed by atoms with Crippen molar-refractivity contribution in [1.82, 2.24) is 4.98 Å². The molecule has 0 aliphatic rings. The van der Waals surface area contributed by atoms with Gasteiger partial charge in [-0.15, -0.1) is 0 Å². The second-order valence-electron chi connectivity index (χ2n) is 4.63. The van der Waals surface area contributed by atoms with Crippen LogP contribution in [0.3, 0.4) is 0 Å². The van der Waals surface area contributed by atoms with Crippen molar-refractivity contribution < 1.29 is 4.79 Å². The van der Waals surface area contributed by atoms with Gasteiger partial charge in [0.1, 0.15) is 5.15 Å². The minimum Gasteiger partial charge on any atom is -0.324 e. The summed E-state index contributed by atoms with van der Waals surface area (Å²) in [6.07, 6.45) is 0.746. The van der Waals surface area contributed by atoms with Crippen LogP contribution >= 0.6 is 11.6 Å². The predicted molar refractivity (Wildman–Crippen MR) is 82.1 cm³/mol. The summed E-state index contributed by atoms with van der Waals surface area (Å²) < 4.78 is 0. The van der Waals surface area contributed by atoms with E-state index in [2.05, 4.69) is 10.3 Å². The average Bonchev–Trinajstić information content (AvgIpc) is 2.44. The number of anilines is 1. The van der Waals surface area contributed by atoms with E-state index in [0.717, 1.165) is 12.0 Å². The Hall–Kier alpha value is -1.87. The van der Waals surface area contributed by atoms with Gasteiger partial charge >= 0.3 is 0 Å². The van der Waals surface area contributed by atoms with Crippen molar-refractivity contribution in [3.63, 3.8) is 0 Å². The number of amides is 1. The Bertz CT molecular complexity index is 599. The zero-order chi connectivity index (χ0) is 14.5. The van der Waals surface area contributed by atoms with E-state index in [1.54, 1.807) is 12.1 Å². The molecule has 1 N–H and O–H groups in total. The summed E-state index contributed by atoms with van der Waals surface area (Å²) in [7, 11) is 0. The van der Waals surface area contributed by atoms with Crippen LogP contribution in [0.25, 0.3) is 0 Å². The molecule has 1 heterocycles. The molecule has 1 atom stereocenters. The number of carbonyl (C=O) groups is 1. The maximum absolute atomic E-state index is 12.4. The number of pyridine rings is 1. The molecule has 0 radical (unpaired) electrons. The van der Waals surface area contributed by atoms with Crippen LogP contribution in [-0.4, -0.2) is 10.9 Å². The minimum absolute atomic E-state index is 0.0223. The average molecular weight is 289 g/mol. The van der Waals surface area contributed by atoms with E-state index in [9.17, 15) is 4.79 Å². The third kappa shape index (κ3) is 3.36. The molecule has 1 amide bonds. The van der Waals surface area contributed by atoms with Gasteiger partial charge in [0.2, 0.25) is 5.91 Å². The van der Waals surface area contributed by atoms with Crippen LogP contribution in [-0.2, 0) is 4.79 Å².